The molecule has 0 atom stereocenters. The van der Waals surface area contributed by atoms with Crippen molar-refractivity contribution < 1.29 is 4.84 Å². The molecule has 2 aromatic rings. The maximum atomic E-state index is 7.84. The molecule has 74 valence electrons. The Kier molecular flexibility index (Phi) is 1.95. The molecule has 0 aliphatic rings. The second-order valence-electron chi connectivity index (χ2n) is 2.80. The van der Waals surface area contributed by atoms with Crippen LogP contribution < -0.4 is 10.3 Å². The maximum absolute atomic E-state index is 7.84. The summed E-state index contributed by atoms with van der Waals surface area (Å²) in [6.45, 7) is 2.75. The number of imidazole rings is 1. The lowest BCUT2D eigenvalue weighted by atomic mass is 10.5. The Morgan fingerprint density at radius 2 is 2.14 bits per heavy atom. The molecule has 2 heterocycles. The molecule has 0 saturated heterocycles. The van der Waals surface area contributed by atoms with Gasteiger partial charge >= 0.3 is 0 Å². The lowest BCUT2D eigenvalue weighted by Crippen LogP contribution is -2.26. The van der Waals surface area contributed by atoms with Gasteiger partial charge < -0.3 is 9.40 Å². The summed E-state index contributed by atoms with van der Waals surface area (Å²) >= 11 is 0. The van der Waals surface area contributed by atoms with E-state index >= 15 is 0 Å². The molecule has 0 aliphatic heterocycles. The van der Waals surface area contributed by atoms with E-state index in [1.54, 1.807) is 6.33 Å². The average Bonchev–Trinajstić information content (AvgIpc) is 2.62. The fourth-order valence-electron chi connectivity index (χ4n) is 1.36. The summed E-state index contributed by atoms with van der Waals surface area (Å²) in [6, 6.07) is 0. The van der Waals surface area contributed by atoms with Crippen LogP contribution in [0.25, 0.3) is 11.2 Å². The van der Waals surface area contributed by atoms with Crippen LogP contribution in [-0.4, -0.2) is 26.4 Å². The van der Waals surface area contributed by atoms with Gasteiger partial charge in [0.2, 0.25) is 0 Å². The molecular formula is C8H11N5O. The Morgan fingerprint density at radius 1 is 1.43 bits per heavy atom. The molecule has 0 fully saturated rings. The minimum atomic E-state index is 0.261. The molecule has 2 rings (SSSR count). The first-order valence-corrected chi connectivity index (χ1v) is 4.29. The quantitative estimate of drug-likeness (QED) is 0.717. The third kappa shape index (κ3) is 1.07. The normalized spacial score (nSPS) is 10.7. The van der Waals surface area contributed by atoms with E-state index in [0.29, 0.717) is 11.2 Å². The summed E-state index contributed by atoms with van der Waals surface area (Å²) < 4.78 is 3.16. The van der Waals surface area contributed by atoms with E-state index in [4.69, 9.17) is 10.2 Å². The lowest BCUT2D eigenvalue weighted by Gasteiger charge is -2.04. The highest BCUT2D eigenvalue weighted by Crippen LogP contribution is 2.02. The summed E-state index contributed by atoms with van der Waals surface area (Å²) in [6.07, 6.45) is 3.12. The highest BCUT2D eigenvalue weighted by Gasteiger charge is 2.06. The van der Waals surface area contributed by atoms with Crippen LogP contribution in [0.15, 0.2) is 12.7 Å². The van der Waals surface area contributed by atoms with Crippen LogP contribution >= 0.6 is 0 Å². The number of nitrogens with one attached hydrogen (secondary N) is 1. The van der Waals surface area contributed by atoms with Gasteiger partial charge in [0.1, 0.15) is 19.0 Å². The zero-order valence-corrected chi connectivity index (χ0v) is 8.06. The predicted molar refractivity (Wildman–Crippen MR) is 49.6 cm³/mol. The Morgan fingerprint density at radius 3 is 2.79 bits per heavy atom. The van der Waals surface area contributed by atoms with E-state index in [1.807, 2.05) is 11.5 Å². The van der Waals surface area contributed by atoms with Crippen molar-refractivity contribution in [1.82, 2.24) is 19.3 Å². The van der Waals surface area contributed by atoms with Crippen molar-refractivity contribution >= 4 is 11.2 Å². The molecule has 6 heteroatoms. The highest BCUT2D eigenvalue weighted by atomic mass is 16.6. The average molecular weight is 193 g/mol. The first-order chi connectivity index (χ1) is 6.77. The Hall–Kier alpha value is -1.85. The Bertz CT molecular complexity index is 512. The fraction of sp³-hybridized carbons (Fsp3) is 0.375. The number of fused-ring (bicyclic) bond motifs is 1. The molecular weight excluding hydrogens is 182 g/mol. The first kappa shape index (κ1) is 8.74. The van der Waals surface area contributed by atoms with E-state index in [-0.39, 0.29) is 5.49 Å². The minimum absolute atomic E-state index is 0.261. The first-order valence-electron chi connectivity index (χ1n) is 4.29. The highest BCUT2D eigenvalue weighted by molar-refractivity contribution is 5.68. The number of hydrogen-bond donors (Lipinski definition) is 1. The maximum Gasteiger partial charge on any atom is 0.190 e. The summed E-state index contributed by atoms with van der Waals surface area (Å²) in [5, 5.41) is 7.84. The van der Waals surface area contributed by atoms with E-state index in [2.05, 4.69) is 9.97 Å². The van der Waals surface area contributed by atoms with E-state index in [9.17, 15) is 0 Å². The van der Waals surface area contributed by atoms with Crippen LogP contribution in [0.3, 0.4) is 0 Å². The molecule has 2 aromatic heterocycles. The lowest BCUT2D eigenvalue weighted by molar-refractivity contribution is 0.151. The third-order valence-electron chi connectivity index (χ3n) is 2.09. The second kappa shape index (κ2) is 3.13. The number of hydrogen-bond acceptors (Lipinski definition) is 4. The summed E-state index contributed by atoms with van der Waals surface area (Å²) in [5.74, 6) is 0. The largest absolute Gasteiger partial charge is 0.414 e. The van der Waals surface area contributed by atoms with E-state index in [1.165, 1.54) is 18.2 Å². The third-order valence-corrected chi connectivity index (χ3v) is 2.09. The molecule has 0 saturated carbocycles. The van der Waals surface area contributed by atoms with Crippen molar-refractivity contribution in [2.45, 2.75) is 13.5 Å². The van der Waals surface area contributed by atoms with Gasteiger partial charge in [-0.25, -0.2) is 9.97 Å². The molecule has 0 aromatic carbocycles. The number of aryl methyl sites for hydroxylation is 1. The van der Waals surface area contributed by atoms with Gasteiger partial charge in [-0.2, -0.15) is 4.73 Å². The van der Waals surface area contributed by atoms with E-state index < -0.39 is 0 Å². The Balaban J connectivity index is 2.84. The number of rotatable bonds is 2. The van der Waals surface area contributed by atoms with Crippen LogP contribution in [0, 0.1) is 5.41 Å². The zero-order valence-electron chi connectivity index (χ0n) is 8.06. The van der Waals surface area contributed by atoms with E-state index in [0.717, 1.165) is 6.54 Å². The van der Waals surface area contributed by atoms with Gasteiger partial charge in [0.15, 0.2) is 11.1 Å². The van der Waals surface area contributed by atoms with Crippen molar-refractivity contribution in [3.63, 3.8) is 0 Å². The van der Waals surface area contributed by atoms with Crippen molar-refractivity contribution in [2.24, 2.45) is 0 Å². The van der Waals surface area contributed by atoms with Gasteiger partial charge in [-0.1, -0.05) is 0 Å². The van der Waals surface area contributed by atoms with Crippen LogP contribution in [0.2, 0.25) is 0 Å². The molecule has 6 nitrogen and oxygen atoms in total. The van der Waals surface area contributed by atoms with Crippen molar-refractivity contribution in [3.8, 4) is 0 Å². The fourth-order valence-corrected chi connectivity index (χ4v) is 1.36. The molecule has 0 radical (unpaired) electrons. The molecule has 0 spiro atoms. The van der Waals surface area contributed by atoms with Crippen LogP contribution in [0.4, 0.5) is 0 Å². The number of nitrogens with zero attached hydrogens (tertiary/aromatic N) is 4. The van der Waals surface area contributed by atoms with Gasteiger partial charge in [-0.05, 0) is 6.92 Å². The Labute approximate surface area is 80.2 Å². The molecule has 0 aliphatic carbocycles. The van der Waals surface area contributed by atoms with Crippen molar-refractivity contribution in [3.05, 3.63) is 18.1 Å². The van der Waals surface area contributed by atoms with Gasteiger partial charge in [0, 0.05) is 6.54 Å². The summed E-state index contributed by atoms with van der Waals surface area (Å²) in [5.41, 5.74) is 1.53. The monoisotopic (exact) mass is 193 g/mol. The number of aromatic nitrogens is 4. The van der Waals surface area contributed by atoms with Gasteiger partial charge in [-0.15, -0.1) is 0 Å². The van der Waals surface area contributed by atoms with Crippen LogP contribution in [0.1, 0.15) is 6.92 Å². The molecule has 0 amide bonds. The molecule has 1 N–H and O–H groups in total. The smallest absolute Gasteiger partial charge is 0.190 e. The minimum Gasteiger partial charge on any atom is -0.414 e. The van der Waals surface area contributed by atoms with Gasteiger partial charge in [0.25, 0.3) is 0 Å². The summed E-state index contributed by atoms with van der Waals surface area (Å²) in [4.78, 5) is 13.1. The molecule has 0 unspecified atom stereocenters. The summed E-state index contributed by atoms with van der Waals surface area (Å²) in [7, 11) is 1.50. The van der Waals surface area contributed by atoms with Crippen molar-refractivity contribution in [2.75, 3.05) is 7.11 Å². The molecule has 14 heavy (non-hydrogen) atoms. The molecule has 0 bridgehead atoms. The zero-order chi connectivity index (χ0) is 10.1. The van der Waals surface area contributed by atoms with Gasteiger partial charge in [0.05, 0.1) is 6.33 Å². The topological polar surface area (TPSA) is 68.7 Å². The van der Waals surface area contributed by atoms with Gasteiger partial charge in [-0.3, -0.25) is 5.41 Å². The van der Waals surface area contributed by atoms with Crippen LogP contribution in [0.5, 0.6) is 0 Å². The second-order valence-corrected chi connectivity index (χ2v) is 2.80. The van der Waals surface area contributed by atoms with Crippen LogP contribution in [-0.2, 0) is 6.54 Å². The SMILES string of the molecule is CCn1cnc2ncn(OC)c(=N)c21. The van der Waals surface area contributed by atoms with Crippen molar-refractivity contribution in [1.29, 1.82) is 5.41 Å². The predicted octanol–water partition coefficient (Wildman–Crippen LogP) is -0.209. The standard InChI is InChI=1S/C8H11N5O/c1-3-12-4-10-8-6(12)7(9)13(14-2)5-11-8/h4-5,9H,3H2,1-2H3.